The molecular weight excluding hydrogens is 496 g/mol. The van der Waals surface area contributed by atoms with Gasteiger partial charge in [0.2, 0.25) is 11.8 Å². The van der Waals surface area contributed by atoms with Crippen molar-refractivity contribution in [3.8, 4) is 0 Å². The molecule has 9 nitrogen and oxygen atoms in total. The van der Waals surface area contributed by atoms with Crippen LogP contribution in [0.2, 0.25) is 0 Å². The molecule has 1 saturated carbocycles. The summed E-state index contributed by atoms with van der Waals surface area (Å²) in [6.07, 6.45) is 11.7. The molecule has 9 heteroatoms. The highest BCUT2D eigenvalue weighted by Gasteiger charge is 2.39. The second-order valence-corrected chi connectivity index (χ2v) is 12.7. The standard InChI is InChI=1S/C30H50N4O5/c1-22(2)15-16-26(35)34(33(20-23(3)4)28(37)19-27(36)32-18-17-31-21-32)25(29(38)39-30(5,6)7)14-10-13-24-11-8-9-12-24/h17-18,21-25H,8-16,19-20H2,1-7H3/t25-/m0/s1. The van der Waals surface area contributed by atoms with E-state index in [1.54, 1.807) is 20.8 Å². The highest BCUT2D eigenvalue weighted by Crippen LogP contribution is 2.30. The number of hydrogen-bond donors (Lipinski definition) is 0. The van der Waals surface area contributed by atoms with E-state index < -0.39 is 35.8 Å². The van der Waals surface area contributed by atoms with Crippen LogP contribution in [0, 0.1) is 17.8 Å². The van der Waals surface area contributed by atoms with Gasteiger partial charge in [-0.3, -0.25) is 24.0 Å². The van der Waals surface area contributed by atoms with Crippen molar-refractivity contribution in [3.05, 3.63) is 18.7 Å². The molecule has 2 amide bonds. The Hall–Kier alpha value is -2.71. The summed E-state index contributed by atoms with van der Waals surface area (Å²) in [5.41, 5.74) is -0.752. The number of hydrazine groups is 1. The van der Waals surface area contributed by atoms with Gasteiger partial charge in [-0.25, -0.2) is 14.8 Å². The van der Waals surface area contributed by atoms with E-state index in [9.17, 15) is 19.2 Å². The monoisotopic (exact) mass is 546 g/mol. The molecule has 1 aromatic rings. The summed E-state index contributed by atoms with van der Waals surface area (Å²) < 4.78 is 7.06. The minimum Gasteiger partial charge on any atom is -0.458 e. The average Bonchev–Trinajstić information content (AvgIpc) is 3.54. The quantitative estimate of drug-likeness (QED) is 0.180. The van der Waals surface area contributed by atoms with Crippen LogP contribution in [0.3, 0.4) is 0 Å². The van der Waals surface area contributed by atoms with Crippen LogP contribution < -0.4 is 0 Å². The minimum atomic E-state index is -0.948. The van der Waals surface area contributed by atoms with Crippen LogP contribution in [-0.2, 0) is 19.1 Å². The van der Waals surface area contributed by atoms with Gasteiger partial charge in [-0.1, -0.05) is 66.2 Å². The van der Waals surface area contributed by atoms with Gasteiger partial charge in [0, 0.05) is 25.4 Å². The molecule has 0 N–H and O–H groups in total. The summed E-state index contributed by atoms with van der Waals surface area (Å²) in [6, 6.07) is -0.948. The zero-order chi connectivity index (χ0) is 29.2. The van der Waals surface area contributed by atoms with Crippen molar-refractivity contribution in [2.45, 2.75) is 124 Å². The van der Waals surface area contributed by atoms with Crippen molar-refractivity contribution in [2.24, 2.45) is 17.8 Å². The molecular formula is C30H50N4O5. The van der Waals surface area contributed by atoms with Crippen molar-refractivity contribution in [1.82, 2.24) is 19.6 Å². The number of hydrogen-bond acceptors (Lipinski definition) is 6. The number of carbonyl (C=O) groups excluding carboxylic acids is 4. The smallest absolute Gasteiger partial charge is 0.331 e. The van der Waals surface area contributed by atoms with Gasteiger partial charge < -0.3 is 4.74 Å². The van der Waals surface area contributed by atoms with E-state index in [1.165, 1.54) is 59.0 Å². The fourth-order valence-electron chi connectivity index (χ4n) is 4.99. The number of imidazole rings is 1. The molecule has 1 fully saturated rings. The number of esters is 1. The zero-order valence-corrected chi connectivity index (χ0v) is 25.1. The molecule has 0 saturated heterocycles. The van der Waals surface area contributed by atoms with Crippen LogP contribution in [0.25, 0.3) is 0 Å². The first-order valence-electron chi connectivity index (χ1n) is 14.6. The van der Waals surface area contributed by atoms with Gasteiger partial charge in [0.15, 0.2) is 6.04 Å². The molecule has 2 rings (SSSR count). The van der Waals surface area contributed by atoms with Gasteiger partial charge in [0.05, 0.1) is 0 Å². The summed E-state index contributed by atoms with van der Waals surface area (Å²) >= 11 is 0. The van der Waals surface area contributed by atoms with E-state index in [1.807, 2.05) is 27.7 Å². The van der Waals surface area contributed by atoms with E-state index in [0.29, 0.717) is 18.8 Å². The van der Waals surface area contributed by atoms with E-state index in [0.717, 1.165) is 12.8 Å². The fourth-order valence-corrected chi connectivity index (χ4v) is 4.99. The van der Waals surface area contributed by atoms with Gasteiger partial charge in [-0.2, -0.15) is 0 Å². The van der Waals surface area contributed by atoms with E-state index in [2.05, 4.69) is 4.98 Å². The lowest BCUT2D eigenvalue weighted by atomic mass is 9.98. The topological polar surface area (TPSA) is 102 Å². The number of aromatic nitrogens is 2. The summed E-state index contributed by atoms with van der Waals surface area (Å²) in [4.78, 5) is 57.9. The Bertz CT molecular complexity index is 930. The van der Waals surface area contributed by atoms with Crippen LogP contribution >= 0.6 is 0 Å². The molecule has 1 atom stereocenters. The average molecular weight is 547 g/mol. The Morgan fingerprint density at radius 3 is 2.21 bits per heavy atom. The normalized spacial score (nSPS) is 15.0. The number of carbonyl (C=O) groups is 4. The van der Waals surface area contributed by atoms with E-state index >= 15 is 0 Å². The third kappa shape index (κ3) is 11.1. The molecule has 1 heterocycles. The molecule has 1 aromatic heterocycles. The summed E-state index contributed by atoms with van der Waals surface area (Å²) in [7, 11) is 0. The highest BCUT2D eigenvalue weighted by molar-refractivity contribution is 5.99. The van der Waals surface area contributed by atoms with Crippen LogP contribution in [0.1, 0.15) is 117 Å². The third-order valence-corrected chi connectivity index (χ3v) is 6.91. The lowest BCUT2D eigenvalue weighted by Crippen LogP contribution is -2.59. The van der Waals surface area contributed by atoms with Crippen LogP contribution in [0.4, 0.5) is 0 Å². The Morgan fingerprint density at radius 2 is 1.67 bits per heavy atom. The summed E-state index contributed by atoms with van der Waals surface area (Å²) in [5.74, 6) is -0.888. The van der Waals surface area contributed by atoms with Gasteiger partial charge >= 0.3 is 5.97 Å². The second kappa shape index (κ2) is 15.2. The minimum absolute atomic E-state index is 0.00419. The first-order chi connectivity index (χ1) is 18.3. The van der Waals surface area contributed by atoms with E-state index in [-0.39, 0.29) is 30.7 Å². The third-order valence-electron chi connectivity index (χ3n) is 6.91. The largest absolute Gasteiger partial charge is 0.458 e. The zero-order valence-electron chi connectivity index (χ0n) is 25.1. The predicted octanol–water partition coefficient (Wildman–Crippen LogP) is 5.65. The van der Waals surface area contributed by atoms with Crippen LogP contribution in [0.5, 0.6) is 0 Å². The number of nitrogens with zero attached hydrogens (tertiary/aromatic N) is 4. The molecule has 39 heavy (non-hydrogen) atoms. The number of amides is 2. The maximum atomic E-state index is 13.8. The Morgan fingerprint density at radius 1 is 1.00 bits per heavy atom. The Labute approximate surface area is 234 Å². The highest BCUT2D eigenvalue weighted by atomic mass is 16.6. The molecule has 0 bridgehead atoms. The molecule has 0 aromatic carbocycles. The maximum Gasteiger partial charge on any atom is 0.331 e. The Kier molecular flexibility index (Phi) is 12.6. The molecule has 220 valence electrons. The molecule has 1 aliphatic carbocycles. The van der Waals surface area contributed by atoms with Gasteiger partial charge in [0.1, 0.15) is 18.3 Å². The molecule has 0 unspecified atom stereocenters. The van der Waals surface area contributed by atoms with Crippen LogP contribution in [0.15, 0.2) is 18.7 Å². The lowest BCUT2D eigenvalue weighted by Gasteiger charge is -2.41. The lowest BCUT2D eigenvalue weighted by molar-refractivity contribution is -0.185. The van der Waals surface area contributed by atoms with Crippen molar-refractivity contribution in [1.29, 1.82) is 0 Å². The Balaban J connectivity index is 2.43. The fraction of sp³-hybridized carbons (Fsp3) is 0.767. The molecule has 0 radical (unpaired) electrons. The number of ether oxygens (including phenoxy) is 1. The van der Waals surface area contributed by atoms with Crippen molar-refractivity contribution in [2.75, 3.05) is 6.54 Å². The first kappa shape index (κ1) is 32.5. The van der Waals surface area contributed by atoms with Gasteiger partial charge in [0.25, 0.3) is 5.91 Å². The predicted molar refractivity (Wildman–Crippen MR) is 150 cm³/mol. The SMILES string of the molecule is CC(C)CCC(=O)N([C@@H](CCCC1CCCC1)C(=O)OC(C)(C)C)N(CC(C)C)C(=O)CC(=O)n1ccnc1. The first-order valence-corrected chi connectivity index (χ1v) is 14.6. The molecule has 1 aliphatic rings. The second-order valence-electron chi connectivity index (χ2n) is 12.7. The van der Waals surface area contributed by atoms with Crippen molar-refractivity contribution >= 4 is 23.7 Å². The van der Waals surface area contributed by atoms with Crippen LogP contribution in [-0.4, -0.2) is 61.4 Å². The van der Waals surface area contributed by atoms with Crippen molar-refractivity contribution < 1.29 is 23.9 Å². The van der Waals surface area contributed by atoms with Crippen molar-refractivity contribution in [3.63, 3.8) is 0 Å². The summed E-state index contributed by atoms with van der Waals surface area (Å²) in [5, 5.41) is 2.68. The van der Waals surface area contributed by atoms with E-state index in [4.69, 9.17) is 4.74 Å². The van der Waals surface area contributed by atoms with Gasteiger partial charge in [-0.05, 0) is 51.4 Å². The summed E-state index contributed by atoms with van der Waals surface area (Å²) in [6.45, 7) is 13.5. The maximum absolute atomic E-state index is 13.8. The molecule has 0 spiro atoms. The number of rotatable bonds is 13. The molecule has 0 aliphatic heterocycles. The van der Waals surface area contributed by atoms with Gasteiger partial charge in [-0.15, -0.1) is 0 Å².